The molecule has 46 heavy (non-hydrogen) atoms. The van der Waals surface area contributed by atoms with E-state index >= 15 is 8.78 Å². The number of aromatic hydroxyl groups is 1. The van der Waals surface area contributed by atoms with Crippen molar-refractivity contribution < 1.29 is 27.8 Å². The predicted molar refractivity (Wildman–Crippen MR) is 164 cm³/mol. The van der Waals surface area contributed by atoms with Gasteiger partial charge in [0.15, 0.2) is 5.82 Å². The Kier molecular flexibility index (Phi) is 5.40. The fraction of sp³-hybridized carbons (Fsp3) is 0.500. The first-order valence-electron chi connectivity index (χ1n) is 16.3. The normalized spacial score (nSPS) is 32.0. The summed E-state index contributed by atoms with van der Waals surface area (Å²) in [7, 11) is 0. The monoisotopic (exact) mass is 630 g/mol. The average molecular weight is 631 g/mol. The molecule has 1 aliphatic carbocycles. The van der Waals surface area contributed by atoms with Gasteiger partial charge in [-0.2, -0.15) is 9.97 Å². The molecule has 12 heteroatoms. The largest absolute Gasteiger partial charge is 0.508 e. The summed E-state index contributed by atoms with van der Waals surface area (Å²) in [6.07, 6.45) is 2.66. The molecule has 7 aliphatic rings. The Labute approximate surface area is 262 Å². The number of piperazine rings is 1. The molecule has 0 radical (unpaired) electrons. The first kappa shape index (κ1) is 27.2. The number of phenolic OH excluding ortho intramolecular Hbond substituents is 1. The Hall–Kier alpha value is -3.90. The van der Waals surface area contributed by atoms with Gasteiger partial charge in [0.05, 0.1) is 11.1 Å². The summed E-state index contributed by atoms with van der Waals surface area (Å²) in [6, 6.07) is 6.43. The number of aromatic nitrogens is 3. The molecule has 1 spiro atoms. The maximum atomic E-state index is 17.1. The third kappa shape index (κ3) is 3.46. The number of hydrogen-bond acceptors (Lipinski definition) is 9. The van der Waals surface area contributed by atoms with Crippen LogP contribution in [-0.2, 0) is 6.42 Å². The molecule has 5 saturated heterocycles. The topological polar surface area (TPSA) is 95.9 Å². The van der Waals surface area contributed by atoms with Gasteiger partial charge in [-0.25, -0.2) is 18.2 Å². The number of benzene rings is 2. The molecule has 238 valence electrons. The van der Waals surface area contributed by atoms with E-state index in [4.69, 9.17) is 19.4 Å². The second-order valence-electron chi connectivity index (χ2n) is 14.0. The predicted octanol–water partition coefficient (Wildman–Crippen LogP) is 4.66. The van der Waals surface area contributed by atoms with Crippen LogP contribution in [0.3, 0.4) is 0 Å². The van der Waals surface area contributed by atoms with Crippen molar-refractivity contribution in [1.82, 2.24) is 25.2 Å². The zero-order valence-electron chi connectivity index (χ0n) is 25.3. The van der Waals surface area contributed by atoms with Crippen LogP contribution >= 0.6 is 0 Å². The molecule has 2 unspecified atom stereocenters. The summed E-state index contributed by atoms with van der Waals surface area (Å²) >= 11 is 0. The van der Waals surface area contributed by atoms with Crippen molar-refractivity contribution in [3.8, 4) is 28.9 Å². The van der Waals surface area contributed by atoms with Crippen LogP contribution in [0.1, 0.15) is 38.2 Å². The van der Waals surface area contributed by atoms with Gasteiger partial charge >= 0.3 is 6.01 Å². The van der Waals surface area contributed by atoms with E-state index in [-0.39, 0.29) is 58.6 Å². The van der Waals surface area contributed by atoms with Gasteiger partial charge < -0.3 is 24.8 Å². The summed E-state index contributed by atoms with van der Waals surface area (Å²) in [6.45, 7) is 4.28. The number of alkyl halides is 1. The molecule has 8 heterocycles. The van der Waals surface area contributed by atoms with Gasteiger partial charge in [-0.05, 0) is 66.8 Å². The zero-order valence-corrected chi connectivity index (χ0v) is 25.3. The molecule has 9 nitrogen and oxygen atoms in total. The number of phenols is 1. The summed E-state index contributed by atoms with van der Waals surface area (Å²) in [5, 5.41) is 15.8. The van der Waals surface area contributed by atoms with E-state index in [0.29, 0.717) is 66.0 Å². The second-order valence-corrected chi connectivity index (χ2v) is 14.0. The molecule has 2 aromatic carbocycles. The van der Waals surface area contributed by atoms with E-state index < -0.39 is 23.3 Å². The van der Waals surface area contributed by atoms with Crippen LogP contribution in [0.15, 0.2) is 24.3 Å². The van der Waals surface area contributed by atoms with Crippen molar-refractivity contribution in [2.75, 3.05) is 37.7 Å². The van der Waals surface area contributed by atoms with Gasteiger partial charge in [-0.15, -0.1) is 0 Å². The molecule has 2 N–H and O–H groups in total. The molecular formula is C34H33F3N6O3. The van der Waals surface area contributed by atoms with Gasteiger partial charge in [-0.1, -0.05) is 13.0 Å². The third-order valence-electron chi connectivity index (χ3n) is 11.7. The number of anilines is 1. The van der Waals surface area contributed by atoms with E-state index in [1.54, 1.807) is 6.07 Å². The minimum Gasteiger partial charge on any atom is -0.508 e. The van der Waals surface area contributed by atoms with Crippen LogP contribution in [0.4, 0.5) is 19.0 Å². The molecule has 1 saturated carbocycles. The Morgan fingerprint density at radius 1 is 1.15 bits per heavy atom. The molecule has 6 fully saturated rings. The van der Waals surface area contributed by atoms with Crippen LogP contribution in [0, 0.1) is 17.6 Å². The molecule has 11 rings (SSSR count). The van der Waals surface area contributed by atoms with E-state index in [9.17, 15) is 9.50 Å². The summed E-state index contributed by atoms with van der Waals surface area (Å²) in [5.41, 5.74) is -0.219. The van der Waals surface area contributed by atoms with E-state index in [0.717, 1.165) is 25.8 Å². The highest BCUT2D eigenvalue weighted by Gasteiger charge is 2.76. The van der Waals surface area contributed by atoms with Gasteiger partial charge in [0, 0.05) is 43.1 Å². The van der Waals surface area contributed by atoms with Crippen molar-refractivity contribution in [2.45, 2.75) is 68.4 Å². The number of ether oxygens (including phenoxy) is 2. The van der Waals surface area contributed by atoms with Crippen LogP contribution in [0.5, 0.6) is 17.6 Å². The van der Waals surface area contributed by atoms with Crippen LogP contribution in [0.25, 0.3) is 32.9 Å². The first-order valence-corrected chi connectivity index (χ1v) is 16.3. The van der Waals surface area contributed by atoms with Crippen molar-refractivity contribution in [3.05, 3.63) is 41.5 Å². The molecule has 0 amide bonds. The lowest BCUT2D eigenvalue weighted by Crippen LogP contribution is -2.60. The van der Waals surface area contributed by atoms with Crippen LogP contribution in [0.2, 0.25) is 0 Å². The van der Waals surface area contributed by atoms with Crippen LogP contribution in [-0.4, -0.2) is 87.1 Å². The Morgan fingerprint density at radius 3 is 2.87 bits per heavy atom. The van der Waals surface area contributed by atoms with E-state index in [1.807, 2.05) is 6.92 Å². The van der Waals surface area contributed by atoms with Gasteiger partial charge in [0.25, 0.3) is 0 Å². The minimum absolute atomic E-state index is 0.0111. The first-order chi connectivity index (χ1) is 22.3. The maximum absolute atomic E-state index is 17.1. The third-order valence-corrected chi connectivity index (χ3v) is 11.7. The smallest absolute Gasteiger partial charge is 0.319 e. The summed E-state index contributed by atoms with van der Waals surface area (Å²) in [5.74, 6) is -0.147. The van der Waals surface area contributed by atoms with E-state index in [2.05, 4.69) is 20.1 Å². The Balaban J connectivity index is 1.18. The molecule has 6 aliphatic heterocycles. The van der Waals surface area contributed by atoms with Crippen molar-refractivity contribution in [2.24, 2.45) is 5.92 Å². The quantitative estimate of drug-likeness (QED) is 0.327. The number of nitrogens with one attached hydrogen (secondary N) is 1. The number of pyridine rings is 1. The van der Waals surface area contributed by atoms with Gasteiger partial charge in [0.2, 0.25) is 5.88 Å². The SMILES string of the molecule is CCc1c(F)ccc2cc(O)cc(-c3nc4c5c(nc(OC[C@]67CCCN6C[C@H](F)C7)nc5c3F)N3CC5CC6[C@H](N5)[C@@]63CO4)c12. The highest BCUT2D eigenvalue weighted by Crippen LogP contribution is 2.62. The number of rotatable bonds is 5. The zero-order chi connectivity index (χ0) is 31.1. The fourth-order valence-electron chi connectivity index (χ4n) is 9.69. The maximum Gasteiger partial charge on any atom is 0.319 e. The standard InChI is InChI=1S/C34H33F3N6O3/c1-2-20-23(36)5-4-16-8-19(44)10-21(24(16)20)27-26(37)28-25-30(41-32(40-28)46-14-33-6-3-7-42(33)12-17(35)11-33)43-13-18-9-22-29(38-18)34(22,43)15-45-31(25)39-27/h4-5,8,10,17-18,22,29,38,44H,2-3,6-7,9,11-15H2,1H3/t17-,18?,22?,29+,33-,34-/m1/s1. The average Bonchev–Trinajstić information content (AvgIpc) is 3.27. The lowest BCUT2D eigenvalue weighted by atomic mass is 9.94. The molecular weight excluding hydrogens is 597 g/mol. The van der Waals surface area contributed by atoms with Crippen molar-refractivity contribution >= 4 is 27.5 Å². The lowest BCUT2D eigenvalue weighted by Gasteiger charge is -2.42. The number of nitrogens with zero attached hydrogens (tertiary/aromatic N) is 5. The number of halogens is 3. The number of piperidine rings is 2. The highest BCUT2D eigenvalue weighted by atomic mass is 19.1. The lowest BCUT2D eigenvalue weighted by molar-refractivity contribution is 0.107. The number of fused-ring (bicyclic) bond motifs is 2. The van der Waals surface area contributed by atoms with Gasteiger partial charge in [0.1, 0.15) is 53.4 Å². The van der Waals surface area contributed by atoms with Crippen molar-refractivity contribution in [3.63, 3.8) is 0 Å². The second kappa shape index (κ2) is 9.13. The summed E-state index contributed by atoms with van der Waals surface area (Å²) < 4.78 is 59.5. The Morgan fingerprint density at radius 2 is 2.04 bits per heavy atom. The molecule has 4 aromatic rings. The number of hydrogen-bond donors (Lipinski definition) is 2. The molecule has 4 bridgehead atoms. The molecule has 2 aromatic heterocycles. The molecule has 6 atom stereocenters. The van der Waals surface area contributed by atoms with Crippen molar-refractivity contribution in [1.29, 1.82) is 0 Å². The highest BCUT2D eigenvalue weighted by molar-refractivity contribution is 6.03. The Bertz CT molecular complexity index is 1980. The number of aryl methyl sites for hydroxylation is 1. The fourth-order valence-corrected chi connectivity index (χ4v) is 9.69. The van der Waals surface area contributed by atoms with Crippen LogP contribution < -0.4 is 19.7 Å². The minimum atomic E-state index is -0.911. The van der Waals surface area contributed by atoms with E-state index in [1.165, 1.54) is 18.2 Å². The summed E-state index contributed by atoms with van der Waals surface area (Å²) in [4.78, 5) is 18.7. The van der Waals surface area contributed by atoms with Gasteiger partial charge in [-0.3, -0.25) is 4.90 Å².